The van der Waals surface area contributed by atoms with E-state index in [-0.39, 0.29) is 22.7 Å². The zero-order valence-corrected chi connectivity index (χ0v) is 14.6. The smallest absolute Gasteiger partial charge is 0.226 e. The molecule has 3 fully saturated rings. The number of Topliss-reactive ketones (excluding diaryl/α,β-unsaturated/α-hetero) is 1. The van der Waals surface area contributed by atoms with Crippen molar-refractivity contribution in [2.24, 2.45) is 28.6 Å². The highest BCUT2D eigenvalue weighted by atomic mass is 16.3. The van der Waals surface area contributed by atoms with Gasteiger partial charge < -0.3 is 15.3 Å². The Morgan fingerprint density at radius 1 is 1.12 bits per heavy atom. The topological polar surface area (TPSA) is 77.8 Å². The SMILES string of the molecule is C[C@]12CC(=CO)C(=O)C(O)=C1CC[C@@H]1C2CC[C@@]2(C)C1CC[C@@H]2O. The fourth-order valence-electron chi connectivity index (χ4n) is 6.77. The molecular weight excluding hydrogens is 304 g/mol. The second kappa shape index (κ2) is 5.10. The summed E-state index contributed by atoms with van der Waals surface area (Å²) in [6, 6.07) is 0. The van der Waals surface area contributed by atoms with Crippen molar-refractivity contribution in [1.29, 1.82) is 0 Å². The maximum absolute atomic E-state index is 12.2. The Morgan fingerprint density at radius 3 is 2.58 bits per heavy atom. The zero-order valence-electron chi connectivity index (χ0n) is 14.6. The molecule has 0 aromatic rings. The predicted octanol–water partition coefficient (Wildman–Crippen LogP) is 3.82. The van der Waals surface area contributed by atoms with Gasteiger partial charge in [-0.3, -0.25) is 4.79 Å². The van der Waals surface area contributed by atoms with E-state index in [4.69, 9.17) is 0 Å². The van der Waals surface area contributed by atoms with E-state index in [1.54, 1.807) is 0 Å². The molecule has 4 nitrogen and oxygen atoms in total. The largest absolute Gasteiger partial charge is 0.515 e. The molecule has 0 aliphatic heterocycles. The van der Waals surface area contributed by atoms with Gasteiger partial charge >= 0.3 is 0 Å². The molecule has 4 aliphatic rings. The first kappa shape index (κ1) is 16.2. The second-order valence-corrected chi connectivity index (χ2v) is 8.96. The Bertz CT molecular complexity index is 648. The van der Waals surface area contributed by atoms with Crippen LogP contribution in [0.4, 0.5) is 0 Å². The van der Waals surface area contributed by atoms with Gasteiger partial charge in [-0.1, -0.05) is 13.8 Å². The number of hydrogen-bond donors (Lipinski definition) is 3. The van der Waals surface area contributed by atoms with Crippen LogP contribution >= 0.6 is 0 Å². The van der Waals surface area contributed by atoms with Crippen LogP contribution in [0.15, 0.2) is 23.2 Å². The van der Waals surface area contributed by atoms with Crippen molar-refractivity contribution in [1.82, 2.24) is 0 Å². The molecule has 0 heterocycles. The van der Waals surface area contributed by atoms with Gasteiger partial charge in [-0.2, -0.15) is 0 Å². The molecule has 4 rings (SSSR count). The lowest BCUT2D eigenvalue weighted by Crippen LogP contribution is -2.52. The van der Waals surface area contributed by atoms with Crippen LogP contribution in [0.5, 0.6) is 0 Å². The van der Waals surface area contributed by atoms with E-state index >= 15 is 0 Å². The Kier molecular flexibility index (Phi) is 3.44. The normalized spacial score (nSPS) is 49.8. The molecule has 3 saturated carbocycles. The van der Waals surface area contributed by atoms with Crippen LogP contribution in [-0.4, -0.2) is 27.2 Å². The van der Waals surface area contributed by atoms with Crippen molar-refractivity contribution in [2.75, 3.05) is 0 Å². The Morgan fingerprint density at radius 2 is 1.88 bits per heavy atom. The molecule has 2 unspecified atom stereocenters. The quantitative estimate of drug-likeness (QED) is 0.465. The Hall–Kier alpha value is -1.29. The van der Waals surface area contributed by atoms with Crippen LogP contribution in [0.2, 0.25) is 0 Å². The number of aliphatic hydroxyl groups excluding tert-OH is 3. The van der Waals surface area contributed by atoms with Crippen LogP contribution in [0.1, 0.15) is 58.8 Å². The van der Waals surface area contributed by atoms with E-state index in [0.29, 0.717) is 29.7 Å². The van der Waals surface area contributed by atoms with Gasteiger partial charge in [0, 0.05) is 5.57 Å². The van der Waals surface area contributed by atoms with E-state index in [9.17, 15) is 20.1 Å². The molecule has 0 saturated heterocycles. The van der Waals surface area contributed by atoms with Gasteiger partial charge in [0.25, 0.3) is 0 Å². The summed E-state index contributed by atoms with van der Waals surface area (Å²) < 4.78 is 0. The fraction of sp³-hybridized carbons (Fsp3) is 0.750. The van der Waals surface area contributed by atoms with Gasteiger partial charge in [0.15, 0.2) is 5.76 Å². The van der Waals surface area contributed by atoms with Crippen molar-refractivity contribution in [2.45, 2.75) is 64.9 Å². The lowest BCUT2D eigenvalue weighted by Gasteiger charge is -2.57. The third-order valence-corrected chi connectivity index (χ3v) is 8.13. The summed E-state index contributed by atoms with van der Waals surface area (Å²) >= 11 is 0. The molecule has 132 valence electrons. The molecule has 0 radical (unpaired) electrons. The molecule has 24 heavy (non-hydrogen) atoms. The fourth-order valence-corrected chi connectivity index (χ4v) is 6.77. The maximum atomic E-state index is 12.2. The minimum atomic E-state index is -0.402. The average Bonchev–Trinajstić information content (AvgIpc) is 2.86. The summed E-state index contributed by atoms with van der Waals surface area (Å²) in [5.41, 5.74) is 1.02. The van der Waals surface area contributed by atoms with Crippen LogP contribution in [0, 0.1) is 28.6 Å². The highest BCUT2D eigenvalue weighted by molar-refractivity contribution is 6.08. The van der Waals surface area contributed by atoms with Gasteiger partial charge in [-0.25, -0.2) is 0 Å². The van der Waals surface area contributed by atoms with Gasteiger partial charge in [-0.05, 0) is 79.1 Å². The van der Waals surface area contributed by atoms with E-state index in [2.05, 4.69) is 13.8 Å². The van der Waals surface area contributed by atoms with E-state index in [1.165, 1.54) is 0 Å². The number of hydrogen-bond acceptors (Lipinski definition) is 4. The highest BCUT2D eigenvalue weighted by Gasteiger charge is 2.60. The number of aliphatic hydroxyl groups is 3. The second-order valence-electron chi connectivity index (χ2n) is 8.96. The first-order valence-electron chi connectivity index (χ1n) is 9.31. The molecular formula is C20H28O4. The number of rotatable bonds is 0. The maximum Gasteiger partial charge on any atom is 0.226 e. The molecule has 4 aliphatic carbocycles. The van der Waals surface area contributed by atoms with Crippen LogP contribution in [-0.2, 0) is 4.79 Å². The highest BCUT2D eigenvalue weighted by Crippen LogP contribution is 2.65. The summed E-state index contributed by atoms with van der Waals surface area (Å²) in [4.78, 5) is 12.2. The van der Waals surface area contributed by atoms with Gasteiger partial charge in [0.05, 0.1) is 12.4 Å². The molecule has 0 bridgehead atoms. The average molecular weight is 332 g/mol. The molecule has 3 N–H and O–H groups in total. The minimum Gasteiger partial charge on any atom is -0.515 e. The van der Waals surface area contributed by atoms with Crippen molar-refractivity contribution in [3.05, 3.63) is 23.2 Å². The van der Waals surface area contributed by atoms with Crippen molar-refractivity contribution in [3.63, 3.8) is 0 Å². The third kappa shape index (κ3) is 1.86. The molecule has 6 atom stereocenters. The van der Waals surface area contributed by atoms with E-state index in [1.807, 2.05) is 0 Å². The third-order valence-electron chi connectivity index (χ3n) is 8.13. The number of carbonyl (C=O) groups excluding carboxylic acids is 1. The molecule has 0 spiro atoms. The number of allylic oxidation sites excluding steroid dienone is 1. The lowest BCUT2D eigenvalue weighted by molar-refractivity contribution is -0.117. The first-order chi connectivity index (χ1) is 11.3. The summed E-state index contributed by atoms with van der Waals surface area (Å²) in [6.45, 7) is 4.42. The van der Waals surface area contributed by atoms with Crippen LogP contribution in [0.3, 0.4) is 0 Å². The van der Waals surface area contributed by atoms with E-state index in [0.717, 1.165) is 50.4 Å². The van der Waals surface area contributed by atoms with Crippen molar-refractivity contribution < 1.29 is 20.1 Å². The van der Waals surface area contributed by atoms with Gasteiger partial charge in [0.1, 0.15) is 0 Å². The van der Waals surface area contributed by atoms with Crippen LogP contribution < -0.4 is 0 Å². The minimum absolute atomic E-state index is 0.0287. The summed E-state index contributed by atoms with van der Waals surface area (Å²) in [5, 5.41) is 30.4. The van der Waals surface area contributed by atoms with Crippen molar-refractivity contribution in [3.8, 4) is 0 Å². The van der Waals surface area contributed by atoms with Gasteiger partial charge in [0.2, 0.25) is 5.78 Å². The van der Waals surface area contributed by atoms with Gasteiger partial charge in [-0.15, -0.1) is 0 Å². The predicted molar refractivity (Wildman–Crippen MR) is 90.4 cm³/mol. The summed E-state index contributed by atoms with van der Waals surface area (Å²) in [6.07, 6.45) is 6.99. The molecule has 0 amide bonds. The summed E-state index contributed by atoms with van der Waals surface area (Å²) in [7, 11) is 0. The van der Waals surface area contributed by atoms with E-state index < -0.39 is 5.78 Å². The first-order valence-corrected chi connectivity index (χ1v) is 9.31. The number of fused-ring (bicyclic) bond motifs is 5. The molecule has 0 aromatic heterocycles. The summed E-state index contributed by atoms with van der Waals surface area (Å²) in [5.74, 6) is 0.957. The Labute approximate surface area is 143 Å². The Balaban J connectivity index is 1.75. The zero-order chi connectivity index (χ0) is 17.3. The lowest BCUT2D eigenvalue weighted by atomic mass is 9.47. The number of carbonyl (C=O) groups is 1. The van der Waals surface area contributed by atoms with Crippen LogP contribution in [0.25, 0.3) is 0 Å². The molecule has 0 aromatic carbocycles. The number of ketones is 1. The monoisotopic (exact) mass is 332 g/mol. The van der Waals surface area contributed by atoms with Crippen molar-refractivity contribution >= 4 is 5.78 Å². The standard InChI is InChI=1S/C20H28O4/c1-19-8-7-14-12(13(19)5-6-16(19)22)3-4-15-18(24)17(23)11(10-21)9-20(14,15)2/h10,12-14,16,21-22,24H,3-9H2,1-2H3/t12-,13?,14?,16-,19-,20+/m0/s1. The molecule has 4 heteroatoms.